The Morgan fingerprint density at radius 3 is 1.08 bits per heavy atom. The van der Waals surface area contributed by atoms with Gasteiger partial charge in [-0.25, -0.2) is 0 Å². The molecule has 0 spiro atoms. The maximum atomic E-state index is 2.43. The molecular formula is C63H43N. The van der Waals surface area contributed by atoms with Gasteiger partial charge in [0.15, 0.2) is 0 Å². The molecule has 0 aliphatic heterocycles. The van der Waals surface area contributed by atoms with E-state index in [-0.39, 0.29) is 0 Å². The number of benzene rings is 12. The van der Waals surface area contributed by atoms with Crippen molar-refractivity contribution in [1.82, 2.24) is 0 Å². The molecule has 0 heterocycles. The number of anilines is 3. The number of hydrogen-bond donors (Lipinski definition) is 0. The highest BCUT2D eigenvalue weighted by Gasteiger charge is 2.21. The normalized spacial score (nSPS) is 11.5. The molecule has 0 aromatic heterocycles. The van der Waals surface area contributed by atoms with Crippen molar-refractivity contribution in [3.63, 3.8) is 0 Å². The van der Waals surface area contributed by atoms with Crippen LogP contribution in [0.15, 0.2) is 243 Å². The molecule has 300 valence electrons. The topological polar surface area (TPSA) is 3.24 Å². The van der Waals surface area contributed by atoms with E-state index in [1.165, 1.54) is 104 Å². The maximum Gasteiger partial charge on any atom is 0.0540 e. The molecule has 0 atom stereocenters. The number of aryl methyl sites for hydroxylation is 1. The fraction of sp³-hybridized carbons (Fsp3) is 0.0159. The molecule has 64 heavy (non-hydrogen) atoms. The van der Waals surface area contributed by atoms with E-state index < -0.39 is 0 Å². The fourth-order valence-corrected chi connectivity index (χ4v) is 10.3. The lowest BCUT2D eigenvalue weighted by atomic mass is 9.83. The van der Waals surface area contributed by atoms with E-state index in [1.54, 1.807) is 0 Å². The van der Waals surface area contributed by atoms with Crippen LogP contribution in [-0.2, 0) is 0 Å². The summed E-state index contributed by atoms with van der Waals surface area (Å²) in [6, 6.07) is 89.2. The Morgan fingerprint density at radius 2 is 0.594 bits per heavy atom. The van der Waals surface area contributed by atoms with Gasteiger partial charge in [0, 0.05) is 16.8 Å². The molecule has 0 saturated carbocycles. The summed E-state index contributed by atoms with van der Waals surface area (Å²) in [5, 5.41) is 12.4. The van der Waals surface area contributed by atoms with Crippen molar-refractivity contribution in [2.45, 2.75) is 6.92 Å². The SMILES string of the molecule is Cc1cccc(-c2c3ccccc3c(-c3cccc(-c4c5ccccc5c(-c5cccc(N(c6ccccc6)c6cccc7ccccc67)c5)c5ccccc45)c3)c3ccccc23)c1. The van der Waals surface area contributed by atoms with Crippen LogP contribution in [0, 0.1) is 6.92 Å². The molecule has 0 radical (unpaired) electrons. The van der Waals surface area contributed by atoms with Crippen LogP contribution in [0.25, 0.3) is 98.4 Å². The molecule has 0 N–H and O–H groups in total. The Hall–Kier alpha value is -8.26. The summed E-state index contributed by atoms with van der Waals surface area (Å²) < 4.78 is 0. The van der Waals surface area contributed by atoms with Gasteiger partial charge in [0.25, 0.3) is 0 Å². The maximum absolute atomic E-state index is 2.43. The van der Waals surface area contributed by atoms with Crippen molar-refractivity contribution in [2.75, 3.05) is 4.90 Å². The van der Waals surface area contributed by atoms with Crippen LogP contribution in [0.3, 0.4) is 0 Å². The lowest BCUT2D eigenvalue weighted by Crippen LogP contribution is -2.10. The Morgan fingerprint density at radius 1 is 0.250 bits per heavy atom. The molecule has 0 aliphatic carbocycles. The molecule has 1 nitrogen and oxygen atoms in total. The smallest absolute Gasteiger partial charge is 0.0540 e. The minimum absolute atomic E-state index is 1.11. The highest BCUT2D eigenvalue weighted by atomic mass is 15.1. The second-order valence-electron chi connectivity index (χ2n) is 16.9. The van der Waals surface area contributed by atoms with Crippen LogP contribution >= 0.6 is 0 Å². The summed E-state index contributed by atoms with van der Waals surface area (Å²) in [5.41, 5.74) is 14.5. The number of para-hydroxylation sites is 1. The van der Waals surface area contributed by atoms with Crippen molar-refractivity contribution in [3.8, 4) is 44.5 Å². The zero-order chi connectivity index (χ0) is 42.6. The van der Waals surface area contributed by atoms with Crippen LogP contribution in [0.5, 0.6) is 0 Å². The standard InChI is InChI=1S/C63H43N/c1-42-19-15-22-44(39-42)60-51-30-7-9-32-53(51)61(54-33-10-8-31-52(54)60)45-23-16-24-46(40-45)62-55-34-11-13-36-57(55)63(58-37-14-12-35-56(58)62)47-25-17-28-49(41-47)64(48-26-3-2-4-27-48)59-38-18-21-43-20-5-6-29-50(43)59/h2-41H,1H3. The van der Waals surface area contributed by atoms with Gasteiger partial charge in [0.2, 0.25) is 0 Å². The Kier molecular flexibility index (Phi) is 9.13. The molecule has 12 aromatic rings. The van der Waals surface area contributed by atoms with Crippen LogP contribution in [0.2, 0.25) is 0 Å². The summed E-state index contributed by atoms with van der Waals surface area (Å²) in [7, 11) is 0. The Bertz CT molecular complexity index is 3630. The first-order chi connectivity index (χ1) is 31.7. The van der Waals surface area contributed by atoms with Gasteiger partial charge in [-0.15, -0.1) is 0 Å². The first-order valence-corrected chi connectivity index (χ1v) is 22.2. The van der Waals surface area contributed by atoms with Gasteiger partial charge >= 0.3 is 0 Å². The van der Waals surface area contributed by atoms with Crippen molar-refractivity contribution in [2.24, 2.45) is 0 Å². The predicted octanol–water partition coefficient (Wildman–Crippen LogP) is 17.9. The van der Waals surface area contributed by atoms with Crippen molar-refractivity contribution >= 4 is 70.9 Å². The van der Waals surface area contributed by atoms with E-state index in [2.05, 4.69) is 254 Å². The van der Waals surface area contributed by atoms with Crippen molar-refractivity contribution in [1.29, 1.82) is 0 Å². The van der Waals surface area contributed by atoms with Crippen LogP contribution < -0.4 is 4.90 Å². The van der Waals surface area contributed by atoms with Crippen molar-refractivity contribution in [3.05, 3.63) is 248 Å². The second-order valence-corrected chi connectivity index (χ2v) is 16.9. The van der Waals surface area contributed by atoms with Gasteiger partial charge < -0.3 is 4.90 Å². The summed E-state index contributed by atoms with van der Waals surface area (Å²) in [4.78, 5) is 2.40. The largest absolute Gasteiger partial charge is 0.310 e. The molecule has 0 fully saturated rings. The average Bonchev–Trinajstić information content (AvgIpc) is 3.35. The van der Waals surface area contributed by atoms with E-state index >= 15 is 0 Å². The van der Waals surface area contributed by atoms with Crippen LogP contribution in [0.4, 0.5) is 17.1 Å². The monoisotopic (exact) mass is 813 g/mol. The van der Waals surface area contributed by atoms with Gasteiger partial charge in [-0.3, -0.25) is 0 Å². The molecule has 1 heteroatoms. The van der Waals surface area contributed by atoms with Gasteiger partial charge in [0.05, 0.1) is 5.69 Å². The second kappa shape index (κ2) is 15.6. The van der Waals surface area contributed by atoms with E-state index in [0.29, 0.717) is 0 Å². The summed E-state index contributed by atoms with van der Waals surface area (Å²) >= 11 is 0. The molecule has 0 bridgehead atoms. The Labute approximate surface area is 373 Å². The summed E-state index contributed by atoms with van der Waals surface area (Å²) in [6.07, 6.45) is 0. The average molecular weight is 814 g/mol. The van der Waals surface area contributed by atoms with Crippen LogP contribution in [-0.4, -0.2) is 0 Å². The lowest BCUT2D eigenvalue weighted by Gasteiger charge is -2.27. The third kappa shape index (κ3) is 6.24. The minimum atomic E-state index is 1.11. The molecule has 0 unspecified atom stereocenters. The number of fused-ring (bicyclic) bond motifs is 5. The number of hydrogen-bond acceptors (Lipinski definition) is 1. The first kappa shape index (κ1) is 37.5. The first-order valence-electron chi connectivity index (χ1n) is 22.2. The van der Waals surface area contributed by atoms with Gasteiger partial charge in [-0.2, -0.15) is 0 Å². The van der Waals surface area contributed by atoms with Crippen LogP contribution in [0.1, 0.15) is 5.56 Å². The summed E-state index contributed by atoms with van der Waals surface area (Å²) in [6.45, 7) is 2.18. The molecule has 12 rings (SSSR count). The highest BCUT2D eigenvalue weighted by Crippen LogP contribution is 2.48. The molecular weight excluding hydrogens is 771 g/mol. The van der Waals surface area contributed by atoms with Gasteiger partial charge in [-0.05, 0) is 136 Å². The van der Waals surface area contributed by atoms with Gasteiger partial charge in [-0.1, -0.05) is 212 Å². The number of nitrogens with zero attached hydrogens (tertiary/aromatic N) is 1. The molecule has 12 aromatic carbocycles. The van der Waals surface area contributed by atoms with E-state index in [4.69, 9.17) is 0 Å². The lowest BCUT2D eigenvalue weighted by molar-refractivity contribution is 1.30. The number of rotatable bonds is 7. The highest BCUT2D eigenvalue weighted by molar-refractivity contribution is 6.24. The zero-order valence-electron chi connectivity index (χ0n) is 35.5. The zero-order valence-corrected chi connectivity index (χ0v) is 35.5. The summed E-state index contributed by atoms with van der Waals surface area (Å²) in [5.74, 6) is 0. The third-order valence-electron chi connectivity index (χ3n) is 13.0. The van der Waals surface area contributed by atoms with E-state index in [0.717, 1.165) is 17.1 Å². The molecule has 0 amide bonds. The van der Waals surface area contributed by atoms with E-state index in [9.17, 15) is 0 Å². The predicted molar refractivity (Wildman–Crippen MR) is 275 cm³/mol. The third-order valence-corrected chi connectivity index (χ3v) is 13.0. The minimum Gasteiger partial charge on any atom is -0.310 e. The molecule has 0 aliphatic rings. The fourth-order valence-electron chi connectivity index (χ4n) is 10.3. The van der Waals surface area contributed by atoms with Gasteiger partial charge in [0.1, 0.15) is 0 Å². The molecule has 0 saturated heterocycles. The van der Waals surface area contributed by atoms with E-state index in [1.807, 2.05) is 0 Å². The van der Waals surface area contributed by atoms with Crippen molar-refractivity contribution < 1.29 is 0 Å². The Balaban J connectivity index is 1.07. The quantitative estimate of drug-likeness (QED) is 0.145.